The number of pyridine rings is 1. The number of nitrogens with one attached hydrogen (secondary N) is 1. The molecule has 1 aliphatic carbocycles. The molecule has 1 heterocycles. The van der Waals surface area contributed by atoms with Crippen molar-refractivity contribution in [2.45, 2.75) is 37.6 Å². The number of fused-ring (bicyclic) bond motifs is 1. The highest BCUT2D eigenvalue weighted by atomic mass is 35.5. The lowest BCUT2D eigenvalue weighted by Crippen LogP contribution is -2.47. The second-order valence-electron chi connectivity index (χ2n) is 6.51. The van der Waals surface area contributed by atoms with Gasteiger partial charge < -0.3 is 10.4 Å². The lowest BCUT2D eigenvalue weighted by molar-refractivity contribution is -0.136. The Hall–Kier alpha value is -1.76. The fourth-order valence-corrected chi connectivity index (χ4v) is 3.64. The van der Waals surface area contributed by atoms with Gasteiger partial charge in [-0.1, -0.05) is 29.3 Å². The number of nitrogens with zero attached hydrogens (tertiary/aromatic N) is 1. The fourth-order valence-electron chi connectivity index (χ4n) is 3.11. The molecule has 3 rings (SSSR count). The molecule has 0 bridgehead atoms. The molecule has 26 heavy (non-hydrogen) atoms. The third kappa shape index (κ3) is 3.29. The smallest absolute Gasteiger partial charge is 0.262 e. The van der Waals surface area contributed by atoms with Gasteiger partial charge in [0, 0.05) is 33.9 Å². The minimum atomic E-state index is -2.37. The first-order chi connectivity index (χ1) is 12.1. The second kappa shape index (κ2) is 6.76. The molecule has 138 valence electrons. The minimum absolute atomic E-state index is 0.0106. The number of carbonyl (C=O) groups excluding carboxylic acids is 1. The molecule has 0 saturated heterocycles. The number of carbonyl (C=O) groups is 1. The van der Waals surface area contributed by atoms with Crippen LogP contribution in [0.4, 0.5) is 8.78 Å². The molecule has 1 aromatic heterocycles. The Balaban J connectivity index is 1.87. The monoisotopic (exact) mass is 400 g/mol. The van der Waals surface area contributed by atoms with Gasteiger partial charge in [0.1, 0.15) is 11.4 Å². The molecule has 1 aliphatic rings. The SMILES string of the molecule is C[C@]1(O)CC[C@@](F)(C(=O)NCc2c(F)cc(Cl)cc2Cl)c2cccnc21. The first-order valence-corrected chi connectivity index (χ1v) is 8.70. The van der Waals surface area contributed by atoms with Crippen LogP contribution in [-0.4, -0.2) is 16.0 Å². The Labute approximate surface area is 159 Å². The van der Waals surface area contributed by atoms with Crippen LogP contribution in [0.3, 0.4) is 0 Å². The maximum Gasteiger partial charge on any atom is 0.262 e. The van der Waals surface area contributed by atoms with Crippen LogP contribution in [0.15, 0.2) is 30.5 Å². The number of hydrogen-bond donors (Lipinski definition) is 2. The zero-order chi connectivity index (χ0) is 19.1. The van der Waals surface area contributed by atoms with Crippen molar-refractivity contribution >= 4 is 29.1 Å². The zero-order valence-corrected chi connectivity index (χ0v) is 15.3. The van der Waals surface area contributed by atoms with Crippen molar-refractivity contribution in [2.24, 2.45) is 0 Å². The molecule has 0 spiro atoms. The van der Waals surface area contributed by atoms with Gasteiger partial charge in [0.25, 0.3) is 5.91 Å². The summed E-state index contributed by atoms with van der Waals surface area (Å²) in [7, 11) is 0. The average molecular weight is 401 g/mol. The highest BCUT2D eigenvalue weighted by molar-refractivity contribution is 6.35. The number of alkyl halides is 1. The van der Waals surface area contributed by atoms with E-state index in [0.29, 0.717) is 0 Å². The van der Waals surface area contributed by atoms with Crippen molar-refractivity contribution in [3.8, 4) is 0 Å². The number of halogens is 4. The number of aromatic nitrogens is 1. The van der Waals surface area contributed by atoms with E-state index in [1.54, 1.807) is 0 Å². The first kappa shape index (κ1) is 19.0. The summed E-state index contributed by atoms with van der Waals surface area (Å²) in [5.74, 6) is -1.63. The van der Waals surface area contributed by atoms with Gasteiger partial charge in [0.05, 0.1) is 5.69 Å². The summed E-state index contributed by atoms with van der Waals surface area (Å²) in [4.78, 5) is 16.6. The van der Waals surface area contributed by atoms with Gasteiger partial charge in [-0.3, -0.25) is 9.78 Å². The Morgan fingerprint density at radius 1 is 1.38 bits per heavy atom. The Morgan fingerprint density at radius 3 is 2.81 bits per heavy atom. The van der Waals surface area contributed by atoms with Crippen molar-refractivity contribution in [3.63, 3.8) is 0 Å². The van der Waals surface area contributed by atoms with Gasteiger partial charge in [-0.15, -0.1) is 0 Å². The molecule has 0 aliphatic heterocycles. The molecule has 1 amide bonds. The fraction of sp³-hybridized carbons (Fsp3) is 0.333. The quantitative estimate of drug-likeness (QED) is 0.817. The molecular formula is C18H16Cl2F2N2O2. The molecule has 0 saturated carbocycles. The van der Waals surface area contributed by atoms with E-state index in [9.17, 15) is 14.3 Å². The number of aliphatic hydroxyl groups is 1. The summed E-state index contributed by atoms with van der Waals surface area (Å²) in [5.41, 5.74) is -3.54. The number of amides is 1. The van der Waals surface area contributed by atoms with Gasteiger partial charge in [-0.25, -0.2) is 8.78 Å². The third-order valence-electron chi connectivity index (χ3n) is 4.59. The predicted octanol–water partition coefficient (Wildman–Crippen LogP) is 4.01. The molecule has 0 fully saturated rings. The third-order valence-corrected chi connectivity index (χ3v) is 5.15. The van der Waals surface area contributed by atoms with Crippen LogP contribution < -0.4 is 5.32 Å². The summed E-state index contributed by atoms with van der Waals surface area (Å²) in [6.07, 6.45) is 1.23. The van der Waals surface area contributed by atoms with E-state index in [-0.39, 0.29) is 46.3 Å². The topological polar surface area (TPSA) is 62.2 Å². The normalized spacial score (nSPS) is 24.8. The second-order valence-corrected chi connectivity index (χ2v) is 7.35. The zero-order valence-electron chi connectivity index (χ0n) is 13.8. The summed E-state index contributed by atoms with van der Waals surface area (Å²) in [5, 5.41) is 13.0. The molecule has 0 radical (unpaired) electrons. The predicted molar refractivity (Wildman–Crippen MR) is 94.1 cm³/mol. The van der Waals surface area contributed by atoms with Crippen LogP contribution >= 0.6 is 23.2 Å². The summed E-state index contributed by atoms with van der Waals surface area (Å²) >= 11 is 11.7. The summed E-state index contributed by atoms with van der Waals surface area (Å²) in [6.45, 7) is 1.23. The van der Waals surface area contributed by atoms with Crippen LogP contribution in [0, 0.1) is 5.82 Å². The standard InChI is InChI=1S/C18H16Cl2F2N2O2/c1-17(26)4-5-18(22,12-3-2-6-23-15(12)17)16(25)24-9-11-13(20)7-10(19)8-14(11)21/h2-3,6-8,26H,4-5,9H2,1H3,(H,24,25)/t17-,18-/m0/s1. The van der Waals surface area contributed by atoms with E-state index in [2.05, 4.69) is 10.3 Å². The van der Waals surface area contributed by atoms with Crippen molar-refractivity contribution in [2.75, 3.05) is 0 Å². The van der Waals surface area contributed by atoms with E-state index in [0.717, 1.165) is 6.07 Å². The maximum absolute atomic E-state index is 15.6. The number of rotatable bonds is 3. The number of benzene rings is 1. The van der Waals surface area contributed by atoms with Gasteiger partial charge in [0.15, 0.2) is 0 Å². The molecule has 1 aromatic carbocycles. The van der Waals surface area contributed by atoms with Crippen molar-refractivity contribution in [1.82, 2.24) is 10.3 Å². The van der Waals surface area contributed by atoms with Crippen molar-refractivity contribution in [3.05, 3.63) is 63.1 Å². The maximum atomic E-state index is 15.6. The van der Waals surface area contributed by atoms with Gasteiger partial charge in [-0.2, -0.15) is 0 Å². The van der Waals surface area contributed by atoms with Crippen LogP contribution in [0.2, 0.25) is 10.0 Å². The molecular weight excluding hydrogens is 385 g/mol. The Bertz CT molecular complexity index is 853. The molecule has 2 N–H and O–H groups in total. The van der Waals surface area contributed by atoms with Gasteiger partial charge in [-0.05, 0) is 38.0 Å². The lowest BCUT2D eigenvalue weighted by Gasteiger charge is -2.37. The number of hydrogen-bond acceptors (Lipinski definition) is 3. The molecule has 8 heteroatoms. The molecule has 4 nitrogen and oxygen atoms in total. The van der Waals surface area contributed by atoms with E-state index >= 15 is 4.39 Å². The van der Waals surface area contributed by atoms with Crippen LogP contribution in [0.5, 0.6) is 0 Å². The minimum Gasteiger partial charge on any atom is -0.384 e. The van der Waals surface area contributed by atoms with Crippen LogP contribution in [0.25, 0.3) is 0 Å². The first-order valence-electron chi connectivity index (χ1n) is 7.94. The lowest BCUT2D eigenvalue weighted by atomic mass is 9.75. The Kier molecular flexibility index (Phi) is 4.94. The van der Waals surface area contributed by atoms with Gasteiger partial charge >= 0.3 is 0 Å². The largest absolute Gasteiger partial charge is 0.384 e. The van der Waals surface area contributed by atoms with Crippen molar-refractivity contribution < 1.29 is 18.7 Å². The Morgan fingerprint density at radius 2 is 2.12 bits per heavy atom. The van der Waals surface area contributed by atoms with E-state index in [1.165, 1.54) is 31.3 Å². The highest BCUT2D eigenvalue weighted by Gasteiger charge is 2.50. The van der Waals surface area contributed by atoms with Crippen LogP contribution in [0.1, 0.15) is 36.6 Å². The molecule has 2 aromatic rings. The van der Waals surface area contributed by atoms with E-state index < -0.39 is 23.0 Å². The van der Waals surface area contributed by atoms with Crippen molar-refractivity contribution in [1.29, 1.82) is 0 Å². The highest BCUT2D eigenvalue weighted by Crippen LogP contribution is 2.45. The summed E-state index contributed by atoms with van der Waals surface area (Å²) in [6, 6.07) is 5.33. The summed E-state index contributed by atoms with van der Waals surface area (Å²) < 4.78 is 29.5. The van der Waals surface area contributed by atoms with E-state index in [1.807, 2.05) is 0 Å². The van der Waals surface area contributed by atoms with Crippen LogP contribution in [-0.2, 0) is 22.6 Å². The van der Waals surface area contributed by atoms with Gasteiger partial charge in [0.2, 0.25) is 5.67 Å². The van der Waals surface area contributed by atoms with E-state index in [4.69, 9.17) is 23.2 Å². The molecule has 0 unspecified atom stereocenters. The average Bonchev–Trinajstić information content (AvgIpc) is 2.58. The molecule has 2 atom stereocenters.